The van der Waals surface area contributed by atoms with E-state index in [2.05, 4.69) is 15.9 Å². The number of hydrogen-bond acceptors (Lipinski definition) is 2. The lowest BCUT2D eigenvalue weighted by molar-refractivity contribution is 0.103. The Bertz CT molecular complexity index is 594. The third kappa shape index (κ3) is 2.44. The lowest BCUT2D eigenvalue weighted by Crippen LogP contribution is -2.02. The molecule has 5 heteroatoms. The molecular formula is C12H7BrClFOS. The fourth-order valence-electron chi connectivity index (χ4n) is 1.38. The number of halogens is 3. The molecule has 0 unspecified atom stereocenters. The molecule has 1 heterocycles. The monoisotopic (exact) mass is 332 g/mol. The van der Waals surface area contributed by atoms with Crippen LogP contribution in [0.3, 0.4) is 0 Å². The number of hydrogen-bond donors (Lipinski definition) is 0. The van der Waals surface area contributed by atoms with Gasteiger partial charge >= 0.3 is 0 Å². The molecule has 0 fully saturated rings. The second kappa shape index (κ2) is 4.88. The van der Waals surface area contributed by atoms with Crippen molar-refractivity contribution in [3.8, 4) is 0 Å². The lowest BCUT2D eigenvalue weighted by atomic mass is 10.1. The van der Waals surface area contributed by atoms with E-state index in [-0.39, 0.29) is 11.3 Å². The number of thiophene rings is 1. The minimum Gasteiger partial charge on any atom is -0.288 e. The summed E-state index contributed by atoms with van der Waals surface area (Å²) in [6.07, 6.45) is 0. The Morgan fingerprint density at radius 3 is 2.76 bits per heavy atom. The van der Waals surface area contributed by atoms with Crippen LogP contribution in [-0.4, -0.2) is 5.78 Å². The molecule has 1 nitrogen and oxygen atoms in total. The summed E-state index contributed by atoms with van der Waals surface area (Å²) in [5.41, 5.74) is 0.860. The summed E-state index contributed by atoms with van der Waals surface area (Å²) in [6, 6.07) is 4.27. The standard InChI is InChI=1S/C12H7BrClFOS/c1-6-5-17-12(10(6)14)11(16)8-4-7(13)2-3-9(8)15/h2-5H,1H3. The van der Waals surface area contributed by atoms with Crippen molar-refractivity contribution in [1.29, 1.82) is 0 Å². The van der Waals surface area contributed by atoms with E-state index in [1.54, 1.807) is 11.4 Å². The van der Waals surface area contributed by atoms with E-state index in [0.717, 1.165) is 5.56 Å². The van der Waals surface area contributed by atoms with E-state index in [1.165, 1.54) is 23.5 Å². The van der Waals surface area contributed by atoms with Gasteiger partial charge in [-0.1, -0.05) is 27.5 Å². The van der Waals surface area contributed by atoms with Crippen molar-refractivity contribution >= 4 is 44.7 Å². The van der Waals surface area contributed by atoms with Crippen LogP contribution in [0, 0.1) is 12.7 Å². The second-order valence-corrected chi connectivity index (χ2v) is 5.69. The summed E-state index contributed by atoms with van der Waals surface area (Å²) in [7, 11) is 0. The predicted molar refractivity (Wildman–Crippen MR) is 71.6 cm³/mol. The Kier molecular flexibility index (Phi) is 3.66. The van der Waals surface area contributed by atoms with Crippen molar-refractivity contribution < 1.29 is 9.18 Å². The maximum absolute atomic E-state index is 13.6. The Morgan fingerprint density at radius 2 is 2.18 bits per heavy atom. The smallest absolute Gasteiger partial charge is 0.207 e. The zero-order valence-electron chi connectivity index (χ0n) is 8.76. The van der Waals surface area contributed by atoms with E-state index < -0.39 is 5.82 Å². The van der Waals surface area contributed by atoms with E-state index in [0.29, 0.717) is 14.4 Å². The molecule has 0 radical (unpaired) electrons. The van der Waals surface area contributed by atoms with Crippen molar-refractivity contribution in [2.45, 2.75) is 6.92 Å². The van der Waals surface area contributed by atoms with Crippen molar-refractivity contribution in [2.75, 3.05) is 0 Å². The van der Waals surface area contributed by atoms with Gasteiger partial charge in [0.2, 0.25) is 5.78 Å². The van der Waals surface area contributed by atoms with Crippen molar-refractivity contribution in [1.82, 2.24) is 0 Å². The highest BCUT2D eigenvalue weighted by Crippen LogP contribution is 2.30. The van der Waals surface area contributed by atoms with Crippen molar-refractivity contribution in [2.24, 2.45) is 0 Å². The molecule has 2 rings (SSSR count). The molecule has 0 N–H and O–H groups in total. The zero-order valence-corrected chi connectivity index (χ0v) is 11.9. The number of ketones is 1. The highest BCUT2D eigenvalue weighted by atomic mass is 79.9. The molecule has 0 aliphatic carbocycles. The van der Waals surface area contributed by atoms with Crippen LogP contribution < -0.4 is 0 Å². The molecule has 0 saturated heterocycles. The van der Waals surface area contributed by atoms with Gasteiger partial charge in [-0.05, 0) is 36.1 Å². The Labute approximate surface area is 115 Å². The van der Waals surface area contributed by atoms with Crippen LogP contribution in [0.4, 0.5) is 4.39 Å². The largest absolute Gasteiger partial charge is 0.288 e. The maximum Gasteiger partial charge on any atom is 0.207 e. The van der Waals surface area contributed by atoms with Crippen LogP contribution in [0.1, 0.15) is 20.8 Å². The third-order valence-electron chi connectivity index (χ3n) is 2.28. The fraction of sp³-hybridized carbons (Fsp3) is 0.0833. The molecule has 88 valence electrons. The first-order valence-electron chi connectivity index (χ1n) is 4.74. The minimum absolute atomic E-state index is 0.0307. The molecule has 0 aliphatic heterocycles. The van der Waals surface area contributed by atoms with Crippen LogP contribution in [0.25, 0.3) is 0 Å². The van der Waals surface area contributed by atoms with Gasteiger partial charge in [-0.25, -0.2) is 4.39 Å². The summed E-state index contributed by atoms with van der Waals surface area (Å²) in [6.45, 7) is 1.81. The average Bonchev–Trinajstić information content (AvgIpc) is 2.62. The summed E-state index contributed by atoms with van der Waals surface area (Å²) in [5.74, 6) is -0.924. The van der Waals surface area contributed by atoms with Crippen LogP contribution in [0.5, 0.6) is 0 Å². The van der Waals surface area contributed by atoms with Crippen LogP contribution in [-0.2, 0) is 0 Å². The first-order valence-corrected chi connectivity index (χ1v) is 6.79. The van der Waals surface area contributed by atoms with Crippen molar-refractivity contribution in [3.05, 3.63) is 54.9 Å². The quantitative estimate of drug-likeness (QED) is 0.719. The van der Waals surface area contributed by atoms with Gasteiger partial charge in [0.05, 0.1) is 15.5 Å². The third-order valence-corrected chi connectivity index (χ3v) is 4.47. The molecule has 0 amide bonds. The molecule has 0 atom stereocenters. The summed E-state index contributed by atoms with van der Waals surface area (Å²) >= 11 is 10.4. The molecular weight excluding hydrogens is 327 g/mol. The second-order valence-electron chi connectivity index (χ2n) is 3.52. The van der Waals surface area contributed by atoms with Gasteiger partial charge in [-0.3, -0.25) is 4.79 Å². The van der Waals surface area contributed by atoms with Gasteiger partial charge in [0.25, 0.3) is 0 Å². The first kappa shape index (κ1) is 12.7. The molecule has 1 aromatic heterocycles. The topological polar surface area (TPSA) is 17.1 Å². The van der Waals surface area contributed by atoms with E-state index >= 15 is 0 Å². The molecule has 17 heavy (non-hydrogen) atoms. The van der Waals surface area contributed by atoms with Gasteiger partial charge in [0.1, 0.15) is 5.82 Å². The number of carbonyl (C=O) groups is 1. The molecule has 2 aromatic rings. The number of rotatable bonds is 2. The van der Waals surface area contributed by atoms with Gasteiger partial charge in [-0.15, -0.1) is 11.3 Å². The Balaban J connectivity index is 2.51. The molecule has 1 aromatic carbocycles. The minimum atomic E-state index is -0.541. The van der Waals surface area contributed by atoms with Crippen LogP contribution in [0.15, 0.2) is 28.1 Å². The Hall–Kier alpha value is -0.710. The zero-order chi connectivity index (χ0) is 12.6. The Morgan fingerprint density at radius 1 is 1.47 bits per heavy atom. The van der Waals surface area contributed by atoms with Gasteiger partial charge < -0.3 is 0 Å². The fourth-order valence-corrected chi connectivity index (χ4v) is 2.97. The summed E-state index contributed by atoms with van der Waals surface area (Å²) < 4.78 is 14.2. The van der Waals surface area contributed by atoms with Gasteiger partial charge in [-0.2, -0.15) is 0 Å². The van der Waals surface area contributed by atoms with Gasteiger partial charge in [0.15, 0.2) is 0 Å². The van der Waals surface area contributed by atoms with Crippen LogP contribution in [0.2, 0.25) is 5.02 Å². The molecule has 0 saturated carbocycles. The van der Waals surface area contributed by atoms with E-state index in [9.17, 15) is 9.18 Å². The predicted octanol–water partition coefficient (Wildman–Crippen LogP) is 4.84. The number of carbonyl (C=O) groups excluding carboxylic acids is 1. The van der Waals surface area contributed by atoms with E-state index in [4.69, 9.17) is 11.6 Å². The van der Waals surface area contributed by atoms with Gasteiger partial charge in [0, 0.05) is 4.47 Å². The molecule has 0 bridgehead atoms. The first-order chi connectivity index (χ1) is 8.00. The van der Waals surface area contributed by atoms with E-state index in [1.807, 2.05) is 6.92 Å². The van der Waals surface area contributed by atoms with Crippen LogP contribution >= 0.6 is 38.9 Å². The van der Waals surface area contributed by atoms with Crippen molar-refractivity contribution in [3.63, 3.8) is 0 Å². The normalized spacial score (nSPS) is 10.6. The number of benzene rings is 1. The highest BCUT2D eigenvalue weighted by molar-refractivity contribution is 9.10. The SMILES string of the molecule is Cc1csc(C(=O)c2cc(Br)ccc2F)c1Cl. The molecule has 0 spiro atoms. The average molecular weight is 334 g/mol. The number of aryl methyl sites for hydroxylation is 1. The highest BCUT2D eigenvalue weighted by Gasteiger charge is 2.19. The summed E-state index contributed by atoms with van der Waals surface area (Å²) in [4.78, 5) is 12.5. The lowest BCUT2D eigenvalue weighted by Gasteiger charge is -2.02. The molecule has 0 aliphatic rings. The summed E-state index contributed by atoms with van der Waals surface area (Å²) in [5, 5.41) is 2.19. The maximum atomic E-state index is 13.6.